The average molecular weight is 219 g/mol. The predicted octanol–water partition coefficient (Wildman–Crippen LogP) is 1.23. The van der Waals surface area contributed by atoms with Crippen LogP contribution < -0.4 is 5.73 Å². The number of hydrogen-bond donors (Lipinski definition) is 1. The van der Waals surface area contributed by atoms with Crippen molar-refractivity contribution in [2.45, 2.75) is 19.0 Å². The number of likely N-dealkylation sites (tertiary alicyclic amines) is 1. The number of hydrogen-bond acceptors (Lipinski definition) is 3. The second kappa shape index (κ2) is 4.60. The van der Waals surface area contributed by atoms with Gasteiger partial charge in [-0.05, 0) is 24.6 Å². The summed E-state index contributed by atoms with van der Waals surface area (Å²) in [4.78, 5) is 2.12. The van der Waals surface area contributed by atoms with Crippen molar-refractivity contribution in [3.05, 3.63) is 35.1 Å². The molecule has 1 aromatic rings. The number of benzene rings is 1. The van der Waals surface area contributed by atoms with E-state index in [1.807, 2.05) is 6.07 Å². The van der Waals surface area contributed by atoms with E-state index >= 15 is 0 Å². The first-order valence-corrected chi connectivity index (χ1v) is 5.35. The summed E-state index contributed by atoms with van der Waals surface area (Å²) < 4.78 is 13.5. The van der Waals surface area contributed by atoms with Gasteiger partial charge in [-0.2, -0.15) is 5.26 Å². The molecule has 0 radical (unpaired) electrons. The molecule has 2 rings (SSSR count). The molecule has 0 aromatic heterocycles. The summed E-state index contributed by atoms with van der Waals surface area (Å²) in [6.07, 6.45) is 0.958. The molecule has 16 heavy (non-hydrogen) atoms. The molecule has 1 aromatic carbocycles. The van der Waals surface area contributed by atoms with Crippen LogP contribution in [0.4, 0.5) is 4.39 Å². The summed E-state index contributed by atoms with van der Waals surface area (Å²) in [6, 6.07) is 6.67. The molecular weight excluding hydrogens is 205 g/mol. The molecule has 1 saturated heterocycles. The maximum atomic E-state index is 13.5. The van der Waals surface area contributed by atoms with Gasteiger partial charge < -0.3 is 5.73 Å². The highest BCUT2D eigenvalue weighted by Crippen LogP contribution is 2.16. The first-order valence-electron chi connectivity index (χ1n) is 5.35. The fourth-order valence-electron chi connectivity index (χ4n) is 2.01. The third-order valence-electron chi connectivity index (χ3n) is 2.88. The summed E-state index contributed by atoms with van der Waals surface area (Å²) >= 11 is 0. The number of nitrogens with zero attached hydrogens (tertiary/aromatic N) is 2. The van der Waals surface area contributed by atoms with Crippen LogP contribution in [0.5, 0.6) is 0 Å². The Balaban J connectivity index is 2.12. The van der Waals surface area contributed by atoms with E-state index in [1.165, 1.54) is 12.1 Å². The van der Waals surface area contributed by atoms with Crippen LogP contribution >= 0.6 is 0 Å². The van der Waals surface area contributed by atoms with Crippen LogP contribution in [0.1, 0.15) is 17.5 Å². The first kappa shape index (κ1) is 11.1. The Morgan fingerprint density at radius 2 is 2.38 bits per heavy atom. The predicted molar refractivity (Wildman–Crippen MR) is 59.0 cm³/mol. The van der Waals surface area contributed by atoms with E-state index in [0.29, 0.717) is 17.7 Å². The highest BCUT2D eigenvalue weighted by molar-refractivity contribution is 5.33. The Hall–Kier alpha value is -1.44. The molecule has 0 amide bonds. The summed E-state index contributed by atoms with van der Waals surface area (Å²) in [5, 5.41) is 8.75. The summed E-state index contributed by atoms with van der Waals surface area (Å²) in [7, 11) is 0. The molecule has 2 N–H and O–H groups in total. The number of nitrogens with two attached hydrogens (primary N) is 1. The van der Waals surface area contributed by atoms with Crippen molar-refractivity contribution in [2.75, 3.05) is 13.1 Å². The van der Waals surface area contributed by atoms with Crippen LogP contribution in [0, 0.1) is 17.1 Å². The van der Waals surface area contributed by atoms with E-state index < -0.39 is 0 Å². The molecule has 0 saturated carbocycles. The monoisotopic (exact) mass is 219 g/mol. The Kier molecular flexibility index (Phi) is 3.18. The summed E-state index contributed by atoms with van der Waals surface area (Å²) in [5.74, 6) is -0.250. The van der Waals surface area contributed by atoms with Crippen LogP contribution in [0.15, 0.2) is 18.2 Å². The molecule has 4 heteroatoms. The SMILES string of the molecule is N#Cc1ccc(F)c(CN2CC[C@@H](N)C2)c1. The number of nitriles is 1. The first-order chi connectivity index (χ1) is 7.69. The molecule has 1 aliphatic heterocycles. The summed E-state index contributed by atoms with van der Waals surface area (Å²) in [6.45, 7) is 2.24. The minimum atomic E-state index is -0.250. The molecule has 0 unspecified atom stereocenters. The minimum Gasteiger partial charge on any atom is -0.326 e. The quantitative estimate of drug-likeness (QED) is 0.814. The summed E-state index contributed by atoms with van der Waals surface area (Å²) in [5.41, 5.74) is 6.86. The van der Waals surface area contributed by atoms with Crippen molar-refractivity contribution in [1.29, 1.82) is 5.26 Å². The van der Waals surface area contributed by atoms with Gasteiger partial charge in [-0.3, -0.25) is 4.90 Å². The van der Waals surface area contributed by atoms with Gasteiger partial charge in [0.2, 0.25) is 0 Å². The molecule has 1 atom stereocenters. The Bertz CT molecular complexity index is 425. The lowest BCUT2D eigenvalue weighted by Gasteiger charge is -2.15. The van der Waals surface area contributed by atoms with Gasteiger partial charge in [0.05, 0.1) is 11.6 Å². The zero-order chi connectivity index (χ0) is 11.5. The van der Waals surface area contributed by atoms with Crippen molar-refractivity contribution in [3.8, 4) is 6.07 Å². The lowest BCUT2D eigenvalue weighted by Crippen LogP contribution is -2.26. The smallest absolute Gasteiger partial charge is 0.127 e. The Morgan fingerprint density at radius 1 is 1.56 bits per heavy atom. The number of halogens is 1. The van der Waals surface area contributed by atoms with E-state index in [4.69, 9.17) is 11.0 Å². The van der Waals surface area contributed by atoms with Gasteiger partial charge in [0.25, 0.3) is 0 Å². The second-order valence-corrected chi connectivity index (χ2v) is 4.20. The van der Waals surface area contributed by atoms with Crippen LogP contribution in [0.2, 0.25) is 0 Å². The van der Waals surface area contributed by atoms with Crippen LogP contribution in [0.25, 0.3) is 0 Å². The fraction of sp³-hybridized carbons (Fsp3) is 0.417. The van der Waals surface area contributed by atoms with E-state index in [-0.39, 0.29) is 11.9 Å². The van der Waals surface area contributed by atoms with E-state index in [2.05, 4.69) is 4.90 Å². The number of rotatable bonds is 2. The lowest BCUT2D eigenvalue weighted by molar-refractivity contribution is 0.321. The molecule has 1 aliphatic rings. The van der Waals surface area contributed by atoms with Crippen LogP contribution in [-0.2, 0) is 6.54 Å². The second-order valence-electron chi connectivity index (χ2n) is 4.20. The van der Waals surface area contributed by atoms with Crippen molar-refractivity contribution < 1.29 is 4.39 Å². The Labute approximate surface area is 94.3 Å². The van der Waals surface area contributed by atoms with Crippen LogP contribution in [-0.4, -0.2) is 24.0 Å². The zero-order valence-electron chi connectivity index (χ0n) is 8.99. The third kappa shape index (κ3) is 2.38. The molecule has 0 bridgehead atoms. The van der Waals surface area contributed by atoms with Crippen molar-refractivity contribution in [2.24, 2.45) is 5.73 Å². The van der Waals surface area contributed by atoms with Gasteiger partial charge in [0, 0.05) is 31.2 Å². The van der Waals surface area contributed by atoms with Gasteiger partial charge >= 0.3 is 0 Å². The molecule has 1 heterocycles. The van der Waals surface area contributed by atoms with Crippen LogP contribution in [0.3, 0.4) is 0 Å². The topological polar surface area (TPSA) is 53.0 Å². The van der Waals surface area contributed by atoms with Crippen molar-refractivity contribution >= 4 is 0 Å². The largest absolute Gasteiger partial charge is 0.326 e. The van der Waals surface area contributed by atoms with Gasteiger partial charge in [0.15, 0.2) is 0 Å². The highest BCUT2D eigenvalue weighted by atomic mass is 19.1. The molecular formula is C12H14FN3. The van der Waals surface area contributed by atoms with Gasteiger partial charge in [0.1, 0.15) is 5.82 Å². The third-order valence-corrected chi connectivity index (χ3v) is 2.88. The van der Waals surface area contributed by atoms with Gasteiger partial charge in [-0.25, -0.2) is 4.39 Å². The van der Waals surface area contributed by atoms with E-state index in [1.54, 1.807) is 6.07 Å². The maximum absolute atomic E-state index is 13.5. The molecule has 1 fully saturated rings. The molecule has 0 aliphatic carbocycles. The maximum Gasteiger partial charge on any atom is 0.127 e. The zero-order valence-corrected chi connectivity index (χ0v) is 8.99. The van der Waals surface area contributed by atoms with Crippen molar-refractivity contribution in [3.63, 3.8) is 0 Å². The fourth-order valence-corrected chi connectivity index (χ4v) is 2.01. The molecule has 0 spiro atoms. The normalized spacial score (nSPS) is 20.9. The molecule has 84 valence electrons. The Morgan fingerprint density at radius 3 is 3.00 bits per heavy atom. The lowest BCUT2D eigenvalue weighted by atomic mass is 10.1. The standard InChI is InChI=1S/C12H14FN3/c13-12-2-1-9(6-14)5-10(12)7-16-4-3-11(15)8-16/h1-2,5,11H,3-4,7-8,15H2/t11-/m1/s1. The molecule has 3 nitrogen and oxygen atoms in total. The van der Waals surface area contributed by atoms with E-state index in [9.17, 15) is 4.39 Å². The minimum absolute atomic E-state index is 0.196. The van der Waals surface area contributed by atoms with E-state index in [0.717, 1.165) is 19.5 Å². The van der Waals surface area contributed by atoms with Gasteiger partial charge in [-0.1, -0.05) is 0 Å². The highest BCUT2D eigenvalue weighted by Gasteiger charge is 2.20. The average Bonchev–Trinajstić information content (AvgIpc) is 2.67. The van der Waals surface area contributed by atoms with Gasteiger partial charge in [-0.15, -0.1) is 0 Å². The van der Waals surface area contributed by atoms with Crippen molar-refractivity contribution in [1.82, 2.24) is 4.90 Å².